The van der Waals surface area contributed by atoms with Gasteiger partial charge in [0.05, 0.1) is 7.11 Å². The SMILES string of the molecule is COC(=O)CC/C=C(\C)Br. The molecule has 0 aromatic carbocycles. The summed E-state index contributed by atoms with van der Waals surface area (Å²) >= 11 is 3.26. The van der Waals surface area contributed by atoms with E-state index in [-0.39, 0.29) is 5.97 Å². The molecule has 0 amide bonds. The highest BCUT2D eigenvalue weighted by atomic mass is 79.9. The van der Waals surface area contributed by atoms with Crippen molar-refractivity contribution < 1.29 is 9.53 Å². The predicted octanol–water partition coefficient (Wildman–Crippen LogP) is 2.24. The van der Waals surface area contributed by atoms with Crippen LogP contribution in [0.2, 0.25) is 0 Å². The molecule has 0 aromatic heterocycles. The lowest BCUT2D eigenvalue weighted by Crippen LogP contribution is -1.97. The summed E-state index contributed by atoms with van der Waals surface area (Å²) in [6, 6.07) is 0. The van der Waals surface area contributed by atoms with E-state index in [2.05, 4.69) is 20.7 Å². The highest BCUT2D eigenvalue weighted by molar-refractivity contribution is 9.11. The molecule has 0 spiro atoms. The van der Waals surface area contributed by atoms with Crippen LogP contribution in [-0.4, -0.2) is 13.1 Å². The quantitative estimate of drug-likeness (QED) is 0.663. The Balaban J connectivity index is 3.37. The second-order valence-electron chi connectivity index (χ2n) is 1.91. The van der Waals surface area contributed by atoms with Gasteiger partial charge in [0.25, 0.3) is 0 Å². The van der Waals surface area contributed by atoms with Crippen LogP contribution < -0.4 is 0 Å². The molecule has 0 aromatic rings. The number of carbonyl (C=O) groups excluding carboxylic acids is 1. The van der Waals surface area contributed by atoms with E-state index in [1.165, 1.54) is 7.11 Å². The van der Waals surface area contributed by atoms with E-state index in [0.717, 1.165) is 10.9 Å². The Morgan fingerprint density at radius 3 is 2.70 bits per heavy atom. The molecule has 0 saturated heterocycles. The van der Waals surface area contributed by atoms with Crippen LogP contribution in [0.5, 0.6) is 0 Å². The van der Waals surface area contributed by atoms with Crippen molar-refractivity contribution in [2.24, 2.45) is 0 Å². The number of halogens is 1. The van der Waals surface area contributed by atoms with Crippen LogP contribution in [0.15, 0.2) is 10.6 Å². The molecule has 0 unspecified atom stereocenters. The Hall–Kier alpha value is -0.310. The number of allylic oxidation sites excluding steroid dienone is 2. The van der Waals surface area contributed by atoms with Crippen molar-refractivity contribution in [2.75, 3.05) is 7.11 Å². The van der Waals surface area contributed by atoms with Gasteiger partial charge in [0.15, 0.2) is 0 Å². The summed E-state index contributed by atoms with van der Waals surface area (Å²) in [6.45, 7) is 1.93. The predicted molar refractivity (Wildman–Crippen MR) is 43.9 cm³/mol. The lowest BCUT2D eigenvalue weighted by atomic mass is 10.3. The zero-order valence-corrected chi connectivity index (χ0v) is 7.77. The molecule has 3 heteroatoms. The number of hydrogen-bond acceptors (Lipinski definition) is 2. The molecular weight excluding hydrogens is 196 g/mol. The Morgan fingerprint density at radius 1 is 1.70 bits per heavy atom. The van der Waals surface area contributed by atoms with Gasteiger partial charge in [0.1, 0.15) is 0 Å². The topological polar surface area (TPSA) is 26.3 Å². The van der Waals surface area contributed by atoms with E-state index in [0.29, 0.717) is 6.42 Å². The summed E-state index contributed by atoms with van der Waals surface area (Å²) in [7, 11) is 1.40. The molecule has 10 heavy (non-hydrogen) atoms. The van der Waals surface area contributed by atoms with Crippen LogP contribution in [0.25, 0.3) is 0 Å². The molecule has 0 heterocycles. The largest absolute Gasteiger partial charge is 0.469 e. The van der Waals surface area contributed by atoms with Gasteiger partial charge < -0.3 is 4.74 Å². The summed E-state index contributed by atoms with van der Waals surface area (Å²) < 4.78 is 5.50. The lowest BCUT2D eigenvalue weighted by molar-refractivity contribution is -0.140. The third-order valence-corrected chi connectivity index (χ3v) is 1.33. The monoisotopic (exact) mass is 206 g/mol. The first kappa shape index (κ1) is 9.69. The number of esters is 1. The third-order valence-electron chi connectivity index (χ3n) is 1.00. The van der Waals surface area contributed by atoms with Crippen LogP contribution in [0.4, 0.5) is 0 Å². The van der Waals surface area contributed by atoms with E-state index in [4.69, 9.17) is 0 Å². The van der Waals surface area contributed by atoms with Gasteiger partial charge in [0, 0.05) is 6.42 Å². The van der Waals surface area contributed by atoms with Crippen LogP contribution in [0.3, 0.4) is 0 Å². The van der Waals surface area contributed by atoms with Crippen molar-refractivity contribution >= 4 is 21.9 Å². The fourth-order valence-electron chi connectivity index (χ4n) is 0.491. The smallest absolute Gasteiger partial charge is 0.305 e. The Kier molecular flexibility index (Phi) is 5.30. The minimum absolute atomic E-state index is 0.162. The van der Waals surface area contributed by atoms with Gasteiger partial charge in [-0.3, -0.25) is 4.79 Å². The summed E-state index contributed by atoms with van der Waals surface area (Å²) in [4.78, 5) is 10.5. The van der Waals surface area contributed by atoms with Crippen molar-refractivity contribution in [1.82, 2.24) is 0 Å². The molecular formula is C7H11BrO2. The van der Waals surface area contributed by atoms with E-state index < -0.39 is 0 Å². The average molecular weight is 207 g/mol. The first-order valence-electron chi connectivity index (χ1n) is 3.06. The maximum absolute atomic E-state index is 10.5. The number of methoxy groups -OCH3 is 1. The molecule has 0 aliphatic rings. The molecule has 0 aliphatic heterocycles. The molecule has 0 fully saturated rings. The number of hydrogen-bond donors (Lipinski definition) is 0. The number of ether oxygens (including phenoxy) is 1. The zero-order chi connectivity index (χ0) is 7.98. The average Bonchev–Trinajstić information content (AvgIpc) is 1.87. The van der Waals surface area contributed by atoms with Gasteiger partial charge in [-0.2, -0.15) is 0 Å². The first-order valence-corrected chi connectivity index (χ1v) is 3.85. The molecule has 0 atom stereocenters. The molecule has 0 radical (unpaired) electrons. The lowest BCUT2D eigenvalue weighted by Gasteiger charge is -1.93. The molecule has 58 valence electrons. The van der Waals surface area contributed by atoms with Crippen LogP contribution in [0, 0.1) is 0 Å². The van der Waals surface area contributed by atoms with Gasteiger partial charge in [0.2, 0.25) is 0 Å². The van der Waals surface area contributed by atoms with Gasteiger partial charge >= 0.3 is 5.97 Å². The Bertz CT molecular complexity index is 137. The minimum atomic E-state index is -0.162. The van der Waals surface area contributed by atoms with E-state index >= 15 is 0 Å². The highest BCUT2D eigenvalue weighted by Crippen LogP contribution is 2.05. The fourth-order valence-corrected chi connectivity index (χ4v) is 0.720. The number of carbonyl (C=O) groups is 1. The van der Waals surface area contributed by atoms with Crippen LogP contribution in [0.1, 0.15) is 19.8 Å². The van der Waals surface area contributed by atoms with Gasteiger partial charge in [-0.1, -0.05) is 22.0 Å². The van der Waals surface area contributed by atoms with Gasteiger partial charge in [-0.05, 0) is 17.8 Å². The Morgan fingerprint density at radius 2 is 2.30 bits per heavy atom. The van der Waals surface area contributed by atoms with E-state index in [1.807, 2.05) is 13.0 Å². The minimum Gasteiger partial charge on any atom is -0.469 e. The Labute approximate surface area is 69.4 Å². The van der Waals surface area contributed by atoms with E-state index in [9.17, 15) is 4.79 Å². The maximum atomic E-state index is 10.5. The standard InChI is InChI=1S/C7H11BrO2/c1-6(8)4-3-5-7(9)10-2/h4H,3,5H2,1-2H3/b6-4+. The summed E-state index contributed by atoms with van der Waals surface area (Å²) in [5, 5.41) is 0. The first-order chi connectivity index (χ1) is 4.66. The second kappa shape index (κ2) is 5.47. The number of rotatable bonds is 3. The fraction of sp³-hybridized carbons (Fsp3) is 0.571. The highest BCUT2D eigenvalue weighted by Gasteiger charge is 1.95. The molecule has 0 aliphatic carbocycles. The van der Waals surface area contributed by atoms with Crippen molar-refractivity contribution in [2.45, 2.75) is 19.8 Å². The van der Waals surface area contributed by atoms with Crippen molar-refractivity contribution in [3.8, 4) is 0 Å². The molecule has 0 bridgehead atoms. The van der Waals surface area contributed by atoms with Crippen LogP contribution in [-0.2, 0) is 9.53 Å². The van der Waals surface area contributed by atoms with Crippen molar-refractivity contribution in [3.63, 3.8) is 0 Å². The third kappa shape index (κ3) is 5.82. The second-order valence-corrected chi connectivity index (χ2v) is 3.16. The summed E-state index contributed by atoms with van der Waals surface area (Å²) in [5.74, 6) is -0.162. The van der Waals surface area contributed by atoms with Crippen LogP contribution >= 0.6 is 15.9 Å². The molecule has 0 saturated carbocycles. The summed E-state index contributed by atoms with van der Waals surface area (Å²) in [5.41, 5.74) is 0. The summed E-state index contributed by atoms with van der Waals surface area (Å²) in [6.07, 6.45) is 3.14. The molecule has 0 N–H and O–H groups in total. The van der Waals surface area contributed by atoms with Crippen molar-refractivity contribution in [3.05, 3.63) is 10.6 Å². The van der Waals surface area contributed by atoms with Gasteiger partial charge in [-0.15, -0.1) is 0 Å². The normalized spacial score (nSPS) is 11.3. The zero-order valence-electron chi connectivity index (χ0n) is 6.19. The maximum Gasteiger partial charge on any atom is 0.305 e. The van der Waals surface area contributed by atoms with Crippen molar-refractivity contribution in [1.29, 1.82) is 0 Å². The van der Waals surface area contributed by atoms with Gasteiger partial charge in [-0.25, -0.2) is 0 Å². The van der Waals surface area contributed by atoms with E-state index in [1.54, 1.807) is 0 Å². The molecule has 0 rings (SSSR count). The molecule has 2 nitrogen and oxygen atoms in total.